The molecule has 1 saturated heterocycles. The number of rotatable bonds is 7. The van der Waals surface area contributed by atoms with Crippen LogP contribution in [-0.4, -0.2) is 37.0 Å². The van der Waals surface area contributed by atoms with Crippen molar-refractivity contribution < 1.29 is 9.53 Å². The summed E-state index contributed by atoms with van der Waals surface area (Å²) in [5.41, 5.74) is 4.24. The Morgan fingerprint density at radius 1 is 1.15 bits per heavy atom. The summed E-state index contributed by atoms with van der Waals surface area (Å²) in [6, 6.07) is 14.0. The van der Waals surface area contributed by atoms with Crippen molar-refractivity contribution >= 4 is 11.6 Å². The predicted molar refractivity (Wildman–Crippen MR) is 111 cm³/mol. The van der Waals surface area contributed by atoms with Gasteiger partial charge >= 0.3 is 0 Å². The van der Waals surface area contributed by atoms with Crippen molar-refractivity contribution in [3.63, 3.8) is 0 Å². The zero-order valence-corrected chi connectivity index (χ0v) is 16.6. The van der Waals surface area contributed by atoms with E-state index in [9.17, 15) is 4.79 Å². The molecule has 2 aromatic rings. The molecule has 4 heteroatoms. The molecule has 0 aliphatic carbocycles. The van der Waals surface area contributed by atoms with Crippen LogP contribution in [0.2, 0.25) is 0 Å². The summed E-state index contributed by atoms with van der Waals surface area (Å²) in [4.78, 5) is 14.6. The number of amides is 1. The topological polar surface area (TPSA) is 41.6 Å². The quantitative estimate of drug-likeness (QED) is 0.713. The number of para-hydroxylation sites is 1. The van der Waals surface area contributed by atoms with Crippen molar-refractivity contribution in [2.45, 2.75) is 39.5 Å². The number of aryl methyl sites for hydroxylation is 1. The van der Waals surface area contributed by atoms with E-state index in [-0.39, 0.29) is 5.91 Å². The van der Waals surface area contributed by atoms with Gasteiger partial charge in [0.05, 0.1) is 5.56 Å². The highest BCUT2D eigenvalue weighted by molar-refractivity contribution is 5.99. The fraction of sp³-hybridized carbons (Fsp3) is 0.435. The Kier molecular flexibility index (Phi) is 6.38. The van der Waals surface area contributed by atoms with E-state index in [0.29, 0.717) is 19.1 Å². The third kappa shape index (κ3) is 4.82. The number of hydrogen-bond acceptors (Lipinski definition) is 3. The second-order valence-corrected chi connectivity index (χ2v) is 7.49. The average Bonchev–Trinajstić information content (AvgIpc) is 3.19. The Balaban J connectivity index is 1.55. The molecule has 0 spiro atoms. The summed E-state index contributed by atoms with van der Waals surface area (Å²) in [6.45, 7) is 9.45. The lowest BCUT2D eigenvalue weighted by molar-refractivity contribution is 0.0793. The van der Waals surface area contributed by atoms with Crippen molar-refractivity contribution in [3.05, 3.63) is 59.2 Å². The number of nitrogens with one attached hydrogen (secondary N) is 1. The highest BCUT2D eigenvalue weighted by Gasteiger charge is 2.21. The van der Waals surface area contributed by atoms with Crippen LogP contribution in [0.5, 0.6) is 5.75 Å². The van der Waals surface area contributed by atoms with Crippen molar-refractivity contribution in [2.24, 2.45) is 0 Å². The lowest BCUT2D eigenvalue weighted by atomic mass is 9.98. The first-order valence-electron chi connectivity index (χ1n) is 9.92. The van der Waals surface area contributed by atoms with E-state index in [2.05, 4.69) is 38.2 Å². The van der Waals surface area contributed by atoms with Gasteiger partial charge in [-0.15, -0.1) is 0 Å². The lowest BCUT2D eigenvalue weighted by Gasteiger charge is -2.18. The normalized spacial score (nSPS) is 13.9. The Bertz CT molecular complexity index is 780. The molecule has 144 valence electrons. The molecule has 0 aromatic heterocycles. The maximum Gasteiger partial charge on any atom is 0.255 e. The molecule has 1 fully saturated rings. The van der Waals surface area contributed by atoms with Crippen LogP contribution in [0.1, 0.15) is 54.1 Å². The molecular weight excluding hydrogens is 336 g/mol. The van der Waals surface area contributed by atoms with Gasteiger partial charge in [-0.2, -0.15) is 0 Å². The summed E-state index contributed by atoms with van der Waals surface area (Å²) in [7, 11) is 0. The molecule has 0 unspecified atom stereocenters. The zero-order chi connectivity index (χ0) is 19.2. The number of hydrogen-bond donors (Lipinski definition) is 1. The van der Waals surface area contributed by atoms with Gasteiger partial charge in [0.2, 0.25) is 0 Å². The maximum absolute atomic E-state index is 12.7. The third-order valence-corrected chi connectivity index (χ3v) is 5.10. The minimum absolute atomic E-state index is 0.122. The second kappa shape index (κ2) is 8.94. The highest BCUT2D eigenvalue weighted by atomic mass is 16.5. The van der Waals surface area contributed by atoms with Gasteiger partial charge in [0.1, 0.15) is 12.4 Å². The first kappa shape index (κ1) is 19.3. The Hall–Kier alpha value is -2.49. The van der Waals surface area contributed by atoms with Gasteiger partial charge in [0.15, 0.2) is 0 Å². The molecular formula is C23H30N2O2. The SMILES string of the molecule is Cc1cc(OCCNc2ccccc2C(=O)N2CCCC2)ccc1C(C)C. The van der Waals surface area contributed by atoms with Crippen molar-refractivity contribution in [2.75, 3.05) is 31.6 Å². The first-order valence-corrected chi connectivity index (χ1v) is 9.92. The van der Waals surface area contributed by atoms with Crippen LogP contribution in [0.25, 0.3) is 0 Å². The molecule has 2 aromatic carbocycles. The van der Waals surface area contributed by atoms with Crippen LogP contribution in [0.3, 0.4) is 0 Å². The van der Waals surface area contributed by atoms with Crippen LogP contribution in [0, 0.1) is 6.92 Å². The monoisotopic (exact) mass is 366 g/mol. The second-order valence-electron chi connectivity index (χ2n) is 7.49. The summed E-state index contributed by atoms with van der Waals surface area (Å²) in [5.74, 6) is 1.53. The van der Waals surface area contributed by atoms with Crippen molar-refractivity contribution in [3.8, 4) is 5.75 Å². The molecule has 0 atom stereocenters. The molecule has 1 amide bonds. The number of ether oxygens (including phenoxy) is 1. The summed E-state index contributed by atoms with van der Waals surface area (Å²) >= 11 is 0. The summed E-state index contributed by atoms with van der Waals surface area (Å²) in [6.07, 6.45) is 2.20. The number of anilines is 1. The van der Waals surface area contributed by atoms with Gasteiger partial charge in [0, 0.05) is 25.3 Å². The van der Waals surface area contributed by atoms with Gasteiger partial charge in [-0.3, -0.25) is 4.79 Å². The van der Waals surface area contributed by atoms with Gasteiger partial charge in [-0.25, -0.2) is 0 Å². The zero-order valence-electron chi connectivity index (χ0n) is 16.6. The third-order valence-electron chi connectivity index (χ3n) is 5.10. The summed E-state index contributed by atoms with van der Waals surface area (Å²) in [5, 5.41) is 3.36. The molecule has 27 heavy (non-hydrogen) atoms. The molecule has 0 radical (unpaired) electrons. The Morgan fingerprint density at radius 3 is 2.59 bits per heavy atom. The van der Waals surface area contributed by atoms with Crippen molar-refractivity contribution in [1.82, 2.24) is 4.90 Å². The average molecular weight is 367 g/mol. The van der Waals surface area contributed by atoms with E-state index in [1.165, 1.54) is 11.1 Å². The van der Waals surface area contributed by atoms with Gasteiger partial charge in [-0.05, 0) is 61.1 Å². The number of carbonyl (C=O) groups excluding carboxylic acids is 1. The minimum atomic E-state index is 0.122. The lowest BCUT2D eigenvalue weighted by Crippen LogP contribution is -2.28. The maximum atomic E-state index is 12.7. The van der Waals surface area contributed by atoms with E-state index in [1.807, 2.05) is 35.2 Å². The smallest absolute Gasteiger partial charge is 0.255 e. The molecule has 1 heterocycles. The van der Waals surface area contributed by atoms with Gasteiger partial charge in [0.25, 0.3) is 5.91 Å². The van der Waals surface area contributed by atoms with Crippen LogP contribution in [0.4, 0.5) is 5.69 Å². The van der Waals surface area contributed by atoms with Gasteiger partial charge < -0.3 is 15.0 Å². The largest absolute Gasteiger partial charge is 0.492 e. The molecule has 1 aliphatic rings. The van der Waals surface area contributed by atoms with E-state index in [0.717, 1.165) is 42.9 Å². The first-order chi connectivity index (χ1) is 13.1. The molecule has 1 N–H and O–H groups in total. The van der Waals surface area contributed by atoms with E-state index >= 15 is 0 Å². The molecule has 4 nitrogen and oxygen atoms in total. The number of nitrogens with zero attached hydrogens (tertiary/aromatic N) is 1. The number of benzene rings is 2. The van der Waals surface area contributed by atoms with Crippen LogP contribution in [0.15, 0.2) is 42.5 Å². The highest BCUT2D eigenvalue weighted by Crippen LogP contribution is 2.24. The van der Waals surface area contributed by atoms with E-state index in [4.69, 9.17) is 4.74 Å². The molecule has 0 saturated carbocycles. The van der Waals surface area contributed by atoms with Crippen LogP contribution in [-0.2, 0) is 0 Å². The predicted octanol–water partition coefficient (Wildman–Crippen LogP) is 4.85. The fourth-order valence-electron chi connectivity index (χ4n) is 3.65. The summed E-state index contributed by atoms with van der Waals surface area (Å²) < 4.78 is 5.89. The standard InChI is InChI=1S/C23H30N2O2/c1-17(2)20-11-10-19(16-18(20)3)27-15-12-24-22-9-5-4-8-21(22)23(26)25-13-6-7-14-25/h4-5,8-11,16-17,24H,6-7,12-15H2,1-3H3. The molecule has 0 bridgehead atoms. The minimum Gasteiger partial charge on any atom is -0.492 e. The van der Waals surface area contributed by atoms with Crippen molar-refractivity contribution in [1.29, 1.82) is 0 Å². The Labute approximate surface area is 162 Å². The number of likely N-dealkylation sites (tertiary alicyclic amines) is 1. The van der Waals surface area contributed by atoms with E-state index in [1.54, 1.807) is 0 Å². The fourth-order valence-corrected chi connectivity index (χ4v) is 3.65. The molecule has 3 rings (SSSR count). The van der Waals surface area contributed by atoms with Crippen LogP contribution < -0.4 is 10.1 Å². The molecule has 1 aliphatic heterocycles. The van der Waals surface area contributed by atoms with Gasteiger partial charge in [-0.1, -0.05) is 32.0 Å². The van der Waals surface area contributed by atoms with Crippen LogP contribution >= 0.6 is 0 Å². The number of carbonyl (C=O) groups is 1. The Morgan fingerprint density at radius 2 is 1.89 bits per heavy atom. The van der Waals surface area contributed by atoms with E-state index < -0.39 is 0 Å².